The molecular formula is C30H33N7. The summed E-state index contributed by atoms with van der Waals surface area (Å²) >= 11 is 0. The molecular weight excluding hydrogens is 458 g/mol. The van der Waals surface area contributed by atoms with Crippen LogP contribution in [0.1, 0.15) is 31.5 Å². The monoisotopic (exact) mass is 491 g/mol. The largest absolute Gasteiger partial charge is 0.382 e. The molecule has 7 nitrogen and oxygen atoms in total. The Bertz CT molecular complexity index is 1520. The highest BCUT2D eigenvalue weighted by molar-refractivity contribution is 5.91. The Kier molecular flexibility index (Phi) is 6.55. The van der Waals surface area contributed by atoms with Gasteiger partial charge in [-0.05, 0) is 44.0 Å². The highest BCUT2D eigenvalue weighted by atomic mass is 15.1. The second-order valence-corrected chi connectivity index (χ2v) is 9.91. The van der Waals surface area contributed by atoms with Gasteiger partial charge >= 0.3 is 0 Å². The van der Waals surface area contributed by atoms with Crippen molar-refractivity contribution in [3.05, 3.63) is 78.9 Å². The topological polar surface area (TPSA) is 93.2 Å². The van der Waals surface area contributed by atoms with Crippen molar-refractivity contribution in [1.82, 2.24) is 30.0 Å². The Labute approximate surface area is 217 Å². The second kappa shape index (κ2) is 10.3. The third-order valence-corrected chi connectivity index (χ3v) is 7.41. The van der Waals surface area contributed by atoms with Gasteiger partial charge in [0.2, 0.25) is 0 Å². The fourth-order valence-electron chi connectivity index (χ4n) is 5.38. The van der Waals surface area contributed by atoms with Crippen molar-refractivity contribution in [2.45, 2.75) is 25.7 Å². The minimum absolute atomic E-state index is 0.423. The van der Waals surface area contributed by atoms with Gasteiger partial charge in [-0.15, -0.1) is 0 Å². The lowest BCUT2D eigenvalue weighted by Crippen LogP contribution is -2.35. The van der Waals surface area contributed by atoms with Crippen molar-refractivity contribution >= 4 is 22.2 Å². The van der Waals surface area contributed by atoms with Crippen LogP contribution in [0, 0.1) is 5.92 Å². The van der Waals surface area contributed by atoms with E-state index in [-0.39, 0.29) is 0 Å². The maximum absolute atomic E-state index is 6.41. The summed E-state index contributed by atoms with van der Waals surface area (Å²) in [6.45, 7) is 6.23. The molecule has 0 spiro atoms. The van der Waals surface area contributed by atoms with Gasteiger partial charge in [-0.1, -0.05) is 55.5 Å². The van der Waals surface area contributed by atoms with Crippen LogP contribution < -0.4 is 16.4 Å². The number of anilines is 1. The highest BCUT2D eigenvalue weighted by Gasteiger charge is 2.34. The van der Waals surface area contributed by atoms with E-state index in [1.54, 1.807) is 6.20 Å². The summed E-state index contributed by atoms with van der Waals surface area (Å²) in [6, 6.07) is 20.8. The number of benzene rings is 2. The normalized spacial score (nSPS) is 17.3. The van der Waals surface area contributed by atoms with Gasteiger partial charge in [0.1, 0.15) is 22.9 Å². The Balaban J connectivity index is 1.30. The van der Waals surface area contributed by atoms with Crippen LogP contribution in [0.2, 0.25) is 0 Å². The minimum Gasteiger partial charge on any atom is -0.382 e. The molecule has 3 heterocycles. The van der Waals surface area contributed by atoms with Crippen molar-refractivity contribution in [3.63, 3.8) is 0 Å². The summed E-state index contributed by atoms with van der Waals surface area (Å²) in [5, 5.41) is 8.04. The molecule has 5 aromatic rings. The van der Waals surface area contributed by atoms with Crippen molar-refractivity contribution in [3.8, 4) is 22.5 Å². The summed E-state index contributed by atoms with van der Waals surface area (Å²) < 4.78 is 2.15. The number of rotatable bonds is 9. The predicted molar refractivity (Wildman–Crippen MR) is 150 cm³/mol. The van der Waals surface area contributed by atoms with Gasteiger partial charge in [-0.2, -0.15) is 0 Å². The molecule has 0 atom stereocenters. The van der Waals surface area contributed by atoms with Crippen molar-refractivity contribution in [2.24, 2.45) is 5.92 Å². The molecule has 1 saturated carbocycles. The van der Waals surface area contributed by atoms with E-state index in [4.69, 9.17) is 15.7 Å². The number of pyridine rings is 1. The van der Waals surface area contributed by atoms with Crippen molar-refractivity contribution in [2.75, 3.05) is 31.9 Å². The van der Waals surface area contributed by atoms with E-state index in [0.717, 1.165) is 83.8 Å². The van der Waals surface area contributed by atoms with Crippen LogP contribution in [0.4, 0.5) is 5.82 Å². The molecule has 0 saturated heterocycles. The molecule has 2 aromatic carbocycles. The number of imidazole rings is 1. The molecule has 0 aliphatic heterocycles. The second-order valence-electron chi connectivity index (χ2n) is 9.91. The van der Waals surface area contributed by atoms with E-state index in [2.05, 4.69) is 69.4 Å². The number of hydrogen-bond donors (Lipinski definition) is 3. The zero-order valence-electron chi connectivity index (χ0n) is 21.2. The number of fused-ring (bicyclic) bond motifs is 2. The number of hydrogen-bond acceptors (Lipinski definition) is 6. The number of aromatic nitrogens is 4. The third-order valence-electron chi connectivity index (χ3n) is 7.41. The van der Waals surface area contributed by atoms with E-state index in [9.17, 15) is 0 Å². The predicted octanol–water partition coefficient (Wildman–Crippen LogP) is 4.89. The molecule has 0 bridgehead atoms. The molecule has 6 rings (SSSR count). The van der Waals surface area contributed by atoms with Crippen LogP contribution in [0.5, 0.6) is 0 Å². The average Bonchev–Trinajstić information content (AvgIpc) is 3.30. The molecule has 1 aliphatic rings. The molecule has 1 fully saturated rings. The summed E-state index contributed by atoms with van der Waals surface area (Å²) in [6.07, 6.45) is 6.03. The van der Waals surface area contributed by atoms with Crippen LogP contribution in [0.25, 0.3) is 38.9 Å². The zero-order chi connectivity index (χ0) is 25.2. The molecule has 1 aliphatic carbocycles. The maximum atomic E-state index is 6.41. The molecule has 0 radical (unpaired) electrons. The standard InChI is InChI=1S/C30H33N7/c1-2-32-12-13-33-19-20-16-24(17-20)30-36-27(28-29(31)34-14-15-37(28)30)23-9-8-22-10-11-25(35-26(22)18-23)21-6-4-3-5-7-21/h3-11,14-15,18,20,24,32-33H,2,12-13,16-17,19H2,1H3,(H2,31,34). The van der Waals surface area contributed by atoms with E-state index in [0.29, 0.717) is 17.7 Å². The van der Waals surface area contributed by atoms with Gasteiger partial charge in [-0.3, -0.25) is 4.40 Å². The number of nitrogens with one attached hydrogen (secondary N) is 2. The first kappa shape index (κ1) is 23.6. The molecule has 4 N–H and O–H groups in total. The summed E-state index contributed by atoms with van der Waals surface area (Å²) in [5.41, 5.74) is 12.2. The van der Waals surface area contributed by atoms with Crippen molar-refractivity contribution in [1.29, 1.82) is 0 Å². The summed E-state index contributed by atoms with van der Waals surface area (Å²) in [5.74, 6) is 2.69. The van der Waals surface area contributed by atoms with Crippen LogP contribution in [-0.2, 0) is 0 Å². The van der Waals surface area contributed by atoms with Crippen molar-refractivity contribution < 1.29 is 0 Å². The lowest BCUT2D eigenvalue weighted by atomic mass is 9.74. The van der Waals surface area contributed by atoms with Gasteiger partial charge in [-0.25, -0.2) is 15.0 Å². The fraction of sp³-hybridized carbons (Fsp3) is 0.300. The number of likely N-dealkylation sites (N-methyl/N-ethyl adjacent to an activating group) is 1. The highest BCUT2D eigenvalue weighted by Crippen LogP contribution is 2.43. The Morgan fingerprint density at radius 2 is 1.76 bits per heavy atom. The van der Waals surface area contributed by atoms with E-state index < -0.39 is 0 Å². The summed E-state index contributed by atoms with van der Waals surface area (Å²) in [7, 11) is 0. The van der Waals surface area contributed by atoms with Gasteiger partial charge in [0.15, 0.2) is 0 Å². The van der Waals surface area contributed by atoms with Crippen LogP contribution >= 0.6 is 0 Å². The van der Waals surface area contributed by atoms with Gasteiger partial charge in [0, 0.05) is 47.9 Å². The number of nitrogen functional groups attached to an aromatic ring is 1. The summed E-state index contributed by atoms with van der Waals surface area (Å²) in [4.78, 5) is 14.5. The van der Waals surface area contributed by atoms with Gasteiger partial charge in [0.05, 0.1) is 11.2 Å². The van der Waals surface area contributed by atoms with E-state index >= 15 is 0 Å². The van der Waals surface area contributed by atoms with Crippen LogP contribution in [-0.4, -0.2) is 45.5 Å². The molecule has 3 aromatic heterocycles. The van der Waals surface area contributed by atoms with Gasteiger partial charge < -0.3 is 16.4 Å². The van der Waals surface area contributed by atoms with E-state index in [1.165, 1.54) is 0 Å². The third kappa shape index (κ3) is 4.68. The SMILES string of the molecule is CCNCCNCC1CC(c2nc(-c3ccc4ccc(-c5ccccc5)nc4c3)c3c(N)nccn23)C1. The van der Waals surface area contributed by atoms with Crippen LogP contribution in [0.15, 0.2) is 73.1 Å². The number of nitrogens with zero attached hydrogens (tertiary/aromatic N) is 4. The lowest BCUT2D eigenvalue weighted by Gasteiger charge is -2.34. The first-order valence-electron chi connectivity index (χ1n) is 13.2. The smallest absolute Gasteiger partial charge is 0.150 e. The molecule has 0 amide bonds. The lowest BCUT2D eigenvalue weighted by molar-refractivity contribution is 0.246. The molecule has 7 heteroatoms. The van der Waals surface area contributed by atoms with Gasteiger partial charge in [0.25, 0.3) is 0 Å². The minimum atomic E-state index is 0.423. The first-order chi connectivity index (χ1) is 18.2. The molecule has 37 heavy (non-hydrogen) atoms. The van der Waals surface area contributed by atoms with E-state index in [1.807, 2.05) is 24.4 Å². The Morgan fingerprint density at radius 1 is 0.946 bits per heavy atom. The molecule has 0 unspecified atom stereocenters. The first-order valence-corrected chi connectivity index (χ1v) is 13.2. The molecule has 188 valence electrons. The quantitative estimate of drug-likeness (QED) is 0.254. The fourth-order valence-corrected chi connectivity index (χ4v) is 5.38. The average molecular weight is 492 g/mol. The maximum Gasteiger partial charge on any atom is 0.150 e. The van der Waals surface area contributed by atoms with Crippen LogP contribution in [0.3, 0.4) is 0 Å². The zero-order valence-corrected chi connectivity index (χ0v) is 21.2. The Morgan fingerprint density at radius 3 is 2.59 bits per heavy atom. The Hall–Kier alpha value is -3.81. The number of nitrogens with two attached hydrogens (primary N) is 1.